The van der Waals surface area contributed by atoms with Gasteiger partial charge in [-0.3, -0.25) is 9.48 Å². The zero-order valence-corrected chi connectivity index (χ0v) is 19.2. The Labute approximate surface area is 196 Å². The molecule has 1 amide bonds. The molecule has 3 aromatic heterocycles. The summed E-state index contributed by atoms with van der Waals surface area (Å²) in [5.74, 6) is 1.56. The van der Waals surface area contributed by atoms with Crippen molar-refractivity contribution >= 4 is 17.5 Å². The molecule has 1 aliphatic rings. The maximum atomic E-state index is 13.1. The molecule has 1 fully saturated rings. The topological polar surface area (TPSA) is 90.2 Å². The zero-order chi connectivity index (χ0) is 22.9. The number of nitrogens with zero attached hydrogens (tertiary/aromatic N) is 5. The Balaban J connectivity index is 1.26. The molecule has 0 bridgehead atoms. The SMILES string of the molecule is Cc1nn(C)cc1-c1cc(C(=O)N2CCC[C@@H](c3ncc(Cc4ccc(Cl)cc4)o3)C2)on1. The molecule has 9 heteroatoms. The average Bonchev–Trinajstić information content (AvgIpc) is 3.55. The predicted octanol–water partition coefficient (Wildman–Crippen LogP) is 4.64. The Morgan fingerprint density at radius 2 is 2.09 bits per heavy atom. The number of carbonyl (C=O) groups is 1. The van der Waals surface area contributed by atoms with Gasteiger partial charge in [0, 0.05) is 49.4 Å². The molecule has 1 saturated heterocycles. The first-order chi connectivity index (χ1) is 16.0. The average molecular weight is 466 g/mol. The number of likely N-dealkylation sites (tertiary alicyclic amines) is 1. The van der Waals surface area contributed by atoms with Crippen LogP contribution in [-0.2, 0) is 13.5 Å². The van der Waals surface area contributed by atoms with Crippen LogP contribution in [0.1, 0.15) is 52.2 Å². The van der Waals surface area contributed by atoms with Gasteiger partial charge in [-0.2, -0.15) is 5.10 Å². The smallest absolute Gasteiger partial charge is 0.292 e. The van der Waals surface area contributed by atoms with E-state index in [4.69, 9.17) is 20.5 Å². The lowest BCUT2D eigenvalue weighted by Gasteiger charge is -2.30. The molecule has 0 aliphatic carbocycles. The van der Waals surface area contributed by atoms with Crippen molar-refractivity contribution in [3.05, 3.63) is 76.4 Å². The monoisotopic (exact) mass is 465 g/mol. The lowest BCUT2D eigenvalue weighted by Crippen LogP contribution is -2.39. The first-order valence-corrected chi connectivity index (χ1v) is 11.3. The van der Waals surface area contributed by atoms with E-state index in [-0.39, 0.29) is 17.6 Å². The number of amides is 1. The van der Waals surface area contributed by atoms with Crippen LogP contribution in [0.3, 0.4) is 0 Å². The van der Waals surface area contributed by atoms with Crippen LogP contribution < -0.4 is 0 Å². The highest BCUT2D eigenvalue weighted by atomic mass is 35.5. The molecular weight excluding hydrogens is 442 g/mol. The number of piperidine rings is 1. The van der Waals surface area contributed by atoms with Gasteiger partial charge in [0.1, 0.15) is 11.5 Å². The molecule has 0 unspecified atom stereocenters. The molecule has 1 atom stereocenters. The summed E-state index contributed by atoms with van der Waals surface area (Å²) in [4.78, 5) is 19.4. The van der Waals surface area contributed by atoms with E-state index >= 15 is 0 Å². The Kier molecular flexibility index (Phi) is 5.76. The third-order valence-electron chi connectivity index (χ3n) is 5.93. The number of halogens is 1. The van der Waals surface area contributed by atoms with E-state index in [0.717, 1.165) is 35.4 Å². The van der Waals surface area contributed by atoms with Crippen molar-refractivity contribution in [3.63, 3.8) is 0 Å². The fraction of sp³-hybridized carbons (Fsp3) is 0.333. The third kappa shape index (κ3) is 4.57. The van der Waals surface area contributed by atoms with Crippen molar-refractivity contribution in [1.29, 1.82) is 0 Å². The maximum absolute atomic E-state index is 13.1. The van der Waals surface area contributed by atoms with Crippen molar-refractivity contribution in [3.8, 4) is 11.3 Å². The minimum atomic E-state index is -0.173. The molecule has 4 heterocycles. The Hall–Kier alpha value is -3.39. The number of carbonyl (C=O) groups excluding carboxylic acids is 1. The van der Waals surface area contributed by atoms with E-state index in [1.165, 1.54) is 0 Å². The van der Waals surface area contributed by atoms with Gasteiger partial charge in [-0.1, -0.05) is 28.9 Å². The highest BCUT2D eigenvalue weighted by Gasteiger charge is 2.30. The van der Waals surface area contributed by atoms with Crippen LogP contribution in [0.2, 0.25) is 5.02 Å². The van der Waals surface area contributed by atoms with Gasteiger partial charge < -0.3 is 13.8 Å². The van der Waals surface area contributed by atoms with Crippen molar-refractivity contribution < 1.29 is 13.7 Å². The number of hydrogen-bond donors (Lipinski definition) is 0. The van der Waals surface area contributed by atoms with E-state index in [2.05, 4.69) is 15.2 Å². The molecule has 0 N–H and O–H groups in total. The van der Waals surface area contributed by atoms with Crippen LogP contribution in [0.5, 0.6) is 0 Å². The predicted molar refractivity (Wildman–Crippen MR) is 122 cm³/mol. The van der Waals surface area contributed by atoms with Crippen LogP contribution in [-0.4, -0.2) is 43.8 Å². The van der Waals surface area contributed by atoms with Crippen molar-refractivity contribution in [1.82, 2.24) is 24.8 Å². The van der Waals surface area contributed by atoms with Gasteiger partial charge in [0.2, 0.25) is 5.76 Å². The number of aromatic nitrogens is 4. The first kappa shape index (κ1) is 21.5. The maximum Gasteiger partial charge on any atom is 0.292 e. The van der Waals surface area contributed by atoms with E-state index in [1.807, 2.05) is 44.4 Å². The lowest BCUT2D eigenvalue weighted by atomic mass is 9.98. The number of oxazole rings is 1. The summed E-state index contributed by atoms with van der Waals surface area (Å²) in [6.45, 7) is 3.09. The van der Waals surface area contributed by atoms with Crippen molar-refractivity contribution in [2.45, 2.75) is 32.1 Å². The summed E-state index contributed by atoms with van der Waals surface area (Å²) in [5, 5.41) is 9.12. The summed E-state index contributed by atoms with van der Waals surface area (Å²) in [6.07, 6.45) is 6.07. The Morgan fingerprint density at radius 1 is 1.27 bits per heavy atom. The number of rotatable bonds is 5. The highest BCUT2D eigenvalue weighted by molar-refractivity contribution is 6.30. The van der Waals surface area contributed by atoms with Gasteiger partial charge in [-0.25, -0.2) is 4.98 Å². The third-order valence-corrected chi connectivity index (χ3v) is 6.18. The normalized spacial score (nSPS) is 16.3. The number of aryl methyl sites for hydroxylation is 2. The quantitative estimate of drug-likeness (QED) is 0.426. The summed E-state index contributed by atoms with van der Waals surface area (Å²) < 4.78 is 13.1. The van der Waals surface area contributed by atoms with Crippen molar-refractivity contribution in [2.24, 2.45) is 7.05 Å². The van der Waals surface area contributed by atoms with Crippen molar-refractivity contribution in [2.75, 3.05) is 13.1 Å². The zero-order valence-electron chi connectivity index (χ0n) is 18.5. The van der Waals surface area contributed by atoms with E-state index in [1.54, 1.807) is 21.8 Å². The lowest BCUT2D eigenvalue weighted by molar-refractivity contribution is 0.0656. The Morgan fingerprint density at radius 3 is 2.85 bits per heavy atom. The molecule has 170 valence electrons. The molecule has 4 aromatic rings. The van der Waals surface area contributed by atoms with E-state index in [0.29, 0.717) is 36.1 Å². The fourth-order valence-electron chi connectivity index (χ4n) is 4.27. The van der Waals surface area contributed by atoms with Crippen LogP contribution >= 0.6 is 11.6 Å². The number of benzene rings is 1. The summed E-state index contributed by atoms with van der Waals surface area (Å²) in [5.41, 5.74) is 3.40. The van der Waals surface area contributed by atoms with E-state index in [9.17, 15) is 4.79 Å². The molecule has 8 nitrogen and oxygen atoms in total. The molecule has 0 radical (unpaired) electrons. The van der Waals surface area contributed by atoms with Crippen LogP contribution in [0.25, 0.3) is 11.3 Å². The first-order valence-electron chi connectivity index (χ1n) is 10.9. The van der Waals surface area contributed by atoms with Gasteiger partial charge in [0.25, 0.3) is 5.91 Å². The molecule has 0 saturated carbocycles. The molecular formula is C24H24ClN5O3. The largest absolute Gasteiger partial charge is 0.445 e. The van der Waals surface area contributed by atoms with Gasteiger partial charge in [0.15, 0.2) is 5.89 Å². The van der Waals surface area contributed by atoms with Gasteiger partial charge in [-0.15, -0.1) is 0 Å². The van der Waals surface area contributed by atoms with Crippen LogP contribution in [0, 0.1) is 6.92 Å². The minimum Gasteiger partial charge on any atom is -0.445 e. The van der Waals surface area contributed by atoms with E-state index < -0.39 is 0 Å². The standard InChI is InChI=1S/C24H24ClN5O3/c1-15-20(14-29(2)27-15)21-11-22(33-28-21)24(31)30-9-3-4-17(13-30)23-26-12-19(32-23)10-16-5-7-18(25)8-6-16/h5-8,11-12,14,17H,3-4,9-10,13H2,1-2H3/t17-/m1/s1. The second-order valence-corrected chi connectivity index (χ2v) is 8.87. The molecule has 1 aromatic carbocycles. The highest BCUT2D eigenvalue weighted by Crippen LogP contribution is 2.29. The molecule has 1 aliphatic heterocycles. The molecule has 0 spiro atoms. The number of hydrogen-bond acceptors (Lipinski definition) is 6. The van der Waals surface area contributed by atoms with Gasteiger partial charge in [0.05, 0.1) is 17.8 Å². The molecule has 5 rings (SSSR count). The fourth-order valence-corrected chi connectivity index (χ4v) is 4.40. The summed E-state index contributed by atoms with van der Waals surface area (Å²) in [6, 6.07) is 9.37. The minimum absolute atomic E-state index is 0.0460. The summed E-state index contributed by atoms with van der Waals surface area (Å²) in [7, 11) is 1.85. The summed E-state index contributed by atoms with van der Waals surface area (Å²) >= 11 is 5.96. The Bertz CT molecular complexity index is 1270. The van der Waals surface area contributed by atoms with Gasteiger partial charge >= 0.3 is 0 Å². The second-order valence-electron chi connectivity index (χ2n) is 8.44. The second kappa shape index (κ2) is 8.86. The molecule has 33 heavy (non-hydrogen) atoms. The van der Waals surface area contributed by atoms with Crippen LogP contribution in [0.4, 0.5) is 0 Å². The van der Waals surface area contributed by atoms with Crippen LogP contribution in [0.15, 0.2) is 51.7 Å². The van der Waals surface area contributed by atoms with Gasteiger partial charge in [-0.05, 0) is 37.5 Å².